The zero-order valence-corrected chi connectivity index (χ0v) is 13.6. The SMILES string of the molecule is CN([CH-]Cc1ccc(B(O)O)cc1)CB=O.[CH3-].[Y]. The van der Waals surface area contributed by atoms with Crippen molar-refractivity contribution in [2.75, 3.05) is 13.5 Å². The molecular weight excluding hydrogens is 305 g/mol. The van der Waals surface area contributed by atoms with Gasteiger partial charge in [0.25, 0.3) is 0 Å². The number of benzene rings is 1. The Hall–Kier alpha value is 0.134. The summed E-state index contributed by atoms with van der Waals surface area (Å²) < 4.78 is 10.2. The van der Waals surface area contributed by atoms with Crippen LogP contribution in [0.2, 0.25) is 0 Å². The summed E-state index contributed by atoms with van der Waals surface area (Å²) in [5, 5.41) is 17.8. The number of hydrogen-bond acceptors (Lipinski definition) is 4. The minimum absolute atomic E-state index is 0. The number of rotatable bonds is 6. The fourth-order valence-electron chi connectivity index (χ4n) is 1.28. The van der Waals surface area contributed by atoms with Gasteiger partial charge in [-0.25, -0.2) is 0 Å². The molecule has 1 aromatic carbocycles. The molecule has 0 aliphatic rings. The Morgan fingerprint density at radius 3 is 2.33 bits per heavy atom. The third-order valence-corrected chi connectivity index (χ3v) is 2.28. The van der Waals surface area contributed by atoms with Crippen molar-refractivity contribution >= 4 is 19.7 Å². The van der Waals surface area contributed by atoms with Gasteiger partial charge in [0, 0.05) is 32.7 Å². The second-order valence-electron chi connectivity index (χ2n) is 3.61. The summed E-state index contributed by atoms with van der Waals surface area (Å²) in [4.78, 5) is 1.81. The molecule has 2 N–H and O–H groups in total. The first kappa shape index (κ1) is 20.5. The second kappa shape index (κ2) is 11.0. The third-order valence-electron chi connectivity index (χ3n) is 2.28. The van der Waals surface area contributed by atoms with E-state index in [0.29, 0.717) is 18.3 Å². The van der Waals surface area contributed by atoms with Crippen LogP contribution in [0.5, 0.6) is 0 Å². The van der Waals surface area contributed by atoms with E-state index in [2.05, 4.69) is 0 Å². The minimum atomic E-state index is -1.42. The fourth-order valence-corrected chi connectivity index (χ4v) is 1.28. The van der Waals surface area contributed by atoms with Gasteiger partial charge >= 0.3 is 95.7 Å². The van der Waals surface area contributed by atoms with Crippen molar-refractivity contribution in [3.63, 3.8) is 0 Å². The van der Waals surface area contributed by atoms with Gasteiger partial charge in [-0.2, -0.15) is 0 Å². The van der Waals surface area contributed by atoms with Gasteiger partial charge in [-0.3, -0.25) is 0 Å². The van der Waals surface area contributed by atoms with Crippen molar-refractivity contribution in [1.29, 1.82) is 0 Å². The summed E-state index contributed by atoms with van der Waals surface area (Å²) in [6, 6.07) is 7.02. The molecule has 7 heteroatoms. The quantitative estimate of drug-likeness (QED) is 0.546. The van der Waals surface area contributed by atoms with Gasteiger partial charge in [0.2, 0.25) is 0 Å². The largest absolute Gasteiger partial charge is 0.358 e. The zero-order valence-electron chi connectivity index (χ0n) is 10.8. The maximum Gasteiger partial charge on any atom is 0 e. The summed E-state index contributed by atoms with van der Waals surface area (Å²) in [5.41, 5.74) is 1.53. The van der Waals surface area contributed by atoms with Crippen molar-refractivity contribution in [1.82, 2.24) is 4.90 Å². The molecule has 0 aromatic heterocycles. The molecule has 0 spiro atoms. The standard InChI is InChI=1S/C10H14B2NO3.CH3.Y/c1-13(8-11-14)7-6-9-2-4-10(5-3-9)12(15)16;;/h2-5,7,15-16H,6,8H2,1H3;1H3;/q2*-1;. The fraction of sp³-hybridized carbons (Fsp3) is 0.273. The van der Waals surface area contributed by atoms with Crippen molar-refractivity contribution in [3.8, 4) is 0 Å². The van der Waals surface area contributed by atoms with Crippen LogP contribution in [0.3, 0.4) is 0 Å². The van der Waals surface area contributed by atoms with Crippen LogP contribution in [-0.4, -0.2) is 42.7 Å². The average molecular weight is 322 g/mol. The molecule has 0 heterocycles. The molecule has 0 fully saturated rings. The van der Waals surface area contributed by atoms with E-state index in [1.165, 1.54) is 0 Å². The Labute approximate surface area is 135 Å². The molecule has 0 amide bonds. The van der Waals surface area contributed by atoms with Gasteiger partial charge in [-0.1, -0.05) is 0 Å². The van der Waals surface area contributed by atoms with Crippen LogP contribution < -0.4 is 5.46 Å². The monoisotopic (exact) mass is 322 g/mol. The maximum absolute atomic E-state index is 10.2. The maximum atomic E-state index is 10.2. The topological polar surface area (TPSA) is 60.8 Å². The van der Waals surface area contributed by atoms with E-state index in [1.54, 1.807) is 12.1 Å². The van der Waals surface area contributed by atoms with E-state index < -0.39 is 7.12 Å². The molecule has 0 saturated carbocycles. The summed E-state index contributed by atoms with van der Waals surface area (Å²) >= 11 is 0. The average Bonchev–Trinajstić information content (AvgIpc) is 2.27. The Balaban J connectivity index is 0. The van der Waals surface area contributed by atoms with Gasteiger partial charge in [-0.15, -0.1) is 0 Å². The van der Waals surface area contributed by atoms with Crippen LogP contribution >= 0.6 is 0 Å². The van der Waals surface area contributed by atoms with Crippen LogP contribution in [-0.2, 0) is 43.8 Å². The van der Waals surface area contributed by atoms with E-state index >= 15 is 0 Å². The molecule has 1 rings (SSSR count). The van der Waals surface area contributed by atoms with Gasteiger partial charge in [-0.05, 0) is 0 Å². The van der Waals surface area contributed by atoms with Crippen LogP contribution in [0.25, 0.3) is 0 Å². The molecule has 0 saturated heterocycles. The van der Waals surface area contributed by atoms with E-state index in [1.807, 2.05) is 30.6 Å². The van der Waals surface area contributed by atoms with Gasteiger partial charge in [0.1, 0.15) is 0 Å². The summed E-state index contributed by atoms with van der Waals surface area (Å²) in [6.07, 6.45) is 1.10. The van der Waals surface area contributed by atoms with Gasteiger partial charge in [0.05, 0.1) is 0 Å². The number of hydrogen-bond donors (Lipinski definition) is 2. The minimum Gasteiger partial charge on any atom is -0.358 e. The van der Waals surface area contributed by atoms with Crippen molar-refractivity contribution in [2.45, 2.75) is 6.42 Å². The van der Waals surface area contributed by atoms with Crippen LogP contribution in [0, 0.1) is 14.0 Å². The first-order valence-corrected chi connectivity index (χ1v) is 5.05. The molecule has 1 radical (unpaired) electrons. The molecule has 1 aromatic rings. The van der Waals surface area contributed by atoms with E-state index in [9.17, 15) is 4.70 Å². The molecule has 4 nitrogen and oxygen atoms in total. The predicted octanol–water partition coefficient (Wildman–Crippen LogP) is -0.543. The van der Waals surface area contributed by atoms with Gasteiger partial charge < -0.3 is 7.43 Å². The Morgan fingerprint density at radius 2 is 1.89 bits per heavy atom. The van der Waals surface area contributed by atoms with Crippen molar-refractivity contribution < 1.29 is 47.5 Å². The molecule has 0 aliphatic carbocycles. The smallest absolute Gasteiger partial charge is 0 e. The van der Waals surface area contributed by atoms with E-state index in [0.717, 1.165) is 12.7 Å². The molecule has 95 valence electrons. The molecule has 18 heavy (non-hydrogen) atoms. The number of likely N-dealkylation sites (N-methyl/N-ethyl adjacent to an activating group) is 1. The number of nitrogens with zero attached hydrogens (tertiary/aromatic N) is 1. The molecular formula is C11H17B2NO3Y-2. The van der Waals surface area contributed by atoms with E-state index in [-0.39, 0.29) is 40.1 Å². The molecule has 0 aliphatic heterocycles. The molecule has 0 unspecified atom stereocenters. The summed E-state index contributed by atoms with van der Waals surface area (Å²) in [5.74, 6) is 0. The van der Waals surface area contributed by atoms with Crippen molar-refractivity contribution in [2.24, 2.45) is 0 Å². The Bertz CT molecular complexity index is 336. The predicted molar refractivity (Wildman–Crippen MR) is 69.8 cm³/mol. The normalized spacial score (nSPS) is 9.11. The zero-order chi connectivity index (χ0) is 12.0. The van der Waals surface area contributed by atoms with E-state index in [4.69, 9.17) is 10.0 Å². The Morgan fingerprint density at radius 1 is 1.33 bits per heavy atom. The molecule has 0 bridgehead atoms. The molecule has 0 atom stereocenters. The second-order valence-corrected chi connectivity index (χ2v) is 3.61. The van der Waals surface area contributed by atoms with Crippen LogP contribution in [0.4, 0.5) is 0 Å². The first-order valence-electron chi connectivity index (χ1n) is 5.05. The van der Waals surface area contributed by atoms with Crippen LogP contribution in [0.15, 0.2) is 24.3 Å². The first-order chi connectivity index (χ1) is 7.63. The summed E-state index contributed by atoms with van der Waals surface area (Å²) in [7, 11) is 1.26. The van der Waals surface area contributed by atoms with Gasteiger partial charge in [0.15, 0.2) is 0 Å². The Kier molecular flexibility index (Phi) is 12.5. The van der Waals surface area contributed by atoms with Crippen LogP contribution in [0.1, 0.15) is 5.56 Å². The third kappa shape index (κ3) is 7.54. The summed E-state index contributed by atoms with van der Waals surface area (Å²) in [6.45, 7) is 1.92. The van der Waals surface area contributed by atoms with Crippen molar-refractivity contribution in [3.05, 3.63) is 43.8 Å².